The molecule has 1 heterocycles. The second-order valence-electron chi connectivity index (χ2n) is 3.11. The van der Waals surface area contributed by atoms with Crippen LogP contribution in [0.3, 0.4) is 0 Å². The normalized spacial score (nSPS) is 10.0. The Kier molecular flexibility index (Phi) is 1.83. The van der Waals surface area contributed by atoms with E-state index in [2.05, 4.69) is 4.98 Å². The first kappa shape index (κ1) is 8.52. The zero-order valence-corrected chi connectivity index (χ0v) is 7.65. The van der Waals surface area contributed by atoms with Crippen molar-refractivity contribution in [2.24, 2.45) is 0 Å². The summed E-state index contributed by atoms with van der Waals surface area (Å²) in [4.78, 5) is 4.08. The summed E-state index contributed by atoms with van der Waals surface area (Å²) < 4.78 is 0. The van der Waals surface area contributed by atoms with E-state index >= 15 is 0 Å². The lowest BCUT2D eigenvalue weighted by atomic mass is 10.1. The topological polar surface area (TPSA) is 56.9 Å². The molecule has 68 valence electrons. The van der Waals surface area contributed by atoms with Gasteiger partial charge in [-0.15, -0.1) is 0 Å². The molecule has 14 heavy (non-hydrogen) atoms. The fourth-order valence-corrected chi connectivity index (χ4v) is 1.40. The van der Waals surface area contributed by atoms with Gasteiger partial charge in [-0.3, -0.25) is 0 Å². The number of phenols is 1. The van der Waals surface area contributed by atoms with Gasteiger partial charge in [-0.05, 0) is 24.6 Å². The van der Waals surface area contributed by atoms with Crippen LogP contribution in [0.25, 0.3) is 10.9 Å². The molecule has 2 aromatic rings. The van der Waals surface area contributed by atoms with Crippen LogP contribution in [0, 0.1) is 18.3 Å². The van der Waals surface area contributed by atoms with Crippen LogP contribution in [0.1, 0.15) is 11.3 Å². The zero-order valence-electron chi connectivity index (χ0n) is 7.65. The van der Waals surface area contributed by atoms with E-state index in [9.17, 15) is 5.11 Å². The third-order valence-electron chi connectivity index (χ3n) is 2.12. The molecule has 0 unspecified atom stereocenters. The number of hydrogen-bond acceptors (Lipinski definition) is 3. The minimum absolute atomic E-state index is 0.110. The summed E-state index contributed by atoms with van der Waals surface area (Å²) >= 11 is 0. The van der Waals surface area contributed by atoms with Crippen LogP contribution in [-0.4, -0.2) is 10.1 Å². The number of aromatic hydroxyl groups is 1. The standard InChI is InChI=1S/C11H8N2O/c1-7-5-8-3-2-4-10(14)11(8)13-9(7)6-12/h2-5,14H,1H3. The van der Waals surface area contributed by atoms with Gasteiger partial charge in [0.15, 0.2) is 0 Å². The molecule has 0 amide bonds. The first-order valence-corrected chi connectivity index (χ1v) is 4.22. The summed E-state index contributed by atoms with van der Waals surface area (Å²) in [7, 11) is 0. The number of nitrogens with zero attached hydrogens (tertiary/aromatic N) is 2. The van der Waals surface area contributed by atoms with Gasteiger partial charge in [0.2, 0.25) is 0 Å². The van der Waals surface area contributed by atoms with Gasteiger partial charge in [0.1, 0.15) is 23.0 Å². The lowest BCUT2D eigenvalue weighted by Crippen LogP contribution is -1.89. The van der Waals surface area contributed by atoms with E-state index in [1.807, 2.05) is 25.1 Å². The second-order valence-corrected chi connectivity index (χ2v) is 3.11. The number of nitriles is 1. The molecule has 0 saturated heterocycles. The van der Waals surface area contributed by atoms with Gasteiger partial charge >= 0.3 is 0 Å². The molecule has 0 aliphatic heterocycles. The summed E-state index contributed by atoms with van der Waals surface area (Å²) in [6, 6.07) is 9.01. The van der Waals surface area contributed by atoms with Gasteiger partial charge in [0.25, 0.3) is 0 Å². The number of para-hydroxylation sites is 1. The minimum Gasteiger partial charge on any atom is -0.506 e. The molecule has 0 aliphatic carbocycles. The van der Waals surface area contributed by atoms with E-state index in [0.717, 1.165) is 10.9 Å². The van der Waals surface area contributed by atoms with E-state index in [1.165, 1.54) is 0 Å². The van der Waals surface area contributed by atoms with Gasteiger partial charge in [0.05, 0.1) is 0 Å². The second kappa shape index (κ2) is 3.00. The summed E-state index contributed by atoms with van der Waals surface area (Å²) in [6.07, 6.45) is 0. The molecule has 0 saturated carbocycles. The Morgan fingerprint density at radius 3 is 2.93 bits per heavy atom. The SMILES string of the molecule is Cc1cc2cccc(O)c2nc1C#N. The Labute approximate surface area is 81.2 Å². The van der Waals surface area contributed by atoms with Gasteiger partial charge in [0, 0.05) is 5.39 Å². The van der Waals surface area contributed by atoms with Crippen LogP contribution in [-0.2, 0) is 0 Å². The first-order valence-electron chi connectivity index (χ1n) is 4.22. The third-order valence-corrected chi connectivity index (χ3v) is 2.12. The van der Waals surface area contributed by atoms with Crippen LogP contribution < -0.4 is 0 Å². The number of hydrogen-bond donors (Lipinski definition) is 1. The Bertz CT molecular complexity index is 541. The van der Waals surface area contributed by atoms with Crippen molar-refractivity contribution in [3.63, 3.8) is 0 Å². The Morgan fingerprint density at radius 1 is 1.43 bits per heavy atom. The van der Waals surface area contributed by atoms with E-state index < -0.39 is 0 Å². The number of phenolic OH excluding ortho intramolecular Hbond substituents is 1. The van der Waals surface area contributed by atoms with Crippen molar-refractivity contribution in [3.8, 4) is 11.8 Å². The average molecular weight is 184 g/mol. The molecule has 3 heteroatoms. The number of aromatic nitrogens is 1. The van der Waals surface area contributed by atoms with Crippen molar-refractivity contribution in [3.05, 3.63) is 35.5 Å². The average Bonchev–Trinajstić information content (AvgIpc) is 2.17. The van der Waals surface area contributed by atoms with Crippen molar-refractivity contribution in [1.29, 1.82) is 5.26 Å². The van der Waals surface area contributed by atoms with Gasteiger partial charge < -0.3 is 5.11 Å². The largest absolute Gasteiger partial charge is 0.506 e. The molecule has 0 atom stereocenters. The lowest BCUT2D eigenvalue weighted by Gasteiger charge is -2.02. The fraction of sp³-hybridized carbons (Fsp3) is 0.0909. The number of pyridine rings is 1. The van der Waals surface area contributed by atoms with Gasteiger partial charge in [-0.1, -0.05) is 12.1 Å². The van der Waals surface area contributed by atoms with E-state index in [-0.39, 0.29) is 5.75 Å². The molecule has 0 radical (unpaired) electrons. The molecule has 0 fully saturated rings. The molecular formula is C11H8N2O. The highest BCUT2D eigenvalue weighted by atomic mass is 16.3. The summed E-state index contributed by atoms with van der Waals surface area (Å²) in [5.41, 5.74) is 1.67. The maximum atomic E-state index is 9.51. The minimum atomic E-state index is 0.110. The maximum absolute atomic E-state index is 9.51. The smallest absolute Gasteiger partial charge is 0.144 e. The van der Waals surface area contributed by atoms with Gasteiger partial charge in [-0.2, -0.15) is 5.26 Å². The third kappa shape index (κ3) is 1.17. The van der Waals surface area contributed by atoms with E-state index in [1.54, 1.807) is 12.1 Å². The summed E-state index contributed by atoms with van der Waals surface area (Å²) in [5.74, 6) is 0.110. The highest BCUT2D eigenvalue weighted by molar-refractivity contribution is 5.85. The summed E-state index contributed by atoms with van der Waals surface area (Å²) in [6.45, 7) is 1.83. The predicted octanol–water partition coefficient (Wildman–Crippen LogP) is 2.12. The van der Waals surface area contributed by atoms with Crippen molar-refractivity contribution in [2.45, 2.75) is 6.92 Å². The molecule has 0 bridgehead atoms. The van der Waals surface area contributed by atoms with Crippen molar-refractivity contribution < 1.29 is 5.11 Å². The molecule has 1 aromatic heterocycles. The number of rotatable bonds is 0. The quantitative estimate of drug-likeness (QED) is 0.682. The molecule has 3 nitrogen and oxygen atoms in total. The Morgan fingerprint density at radius 2 is 2.21 bits per heavy atom. The van der Waals surface area contributed by atoms with Gasteiger partial charge in [-0.25, -0.2) is 4.98 Å². The monoisotopic (exact) mass is 184 g/mol. The zero-order chi connectivity index (χ0) is 10.1. The molecule has 1 aromatic carbocycles. The van der Waals surface area contributed by atoms with Crippen LogP contribution in [0.4, 0.5) is 0 Å². The summed E-state index contributed by atoms with van der Waals surface area (Å²) in [5, 5.41) is 19.1. The molecule has 0 spiro atoms. The van der Waals surface area contributed by atoms with Crippen LogP contribution >= 0.6 is 0 Å². The number of aryl methyl sites for hydroxylation is 1. The highest BCUT2D eigenvalue weighted by Crippen LogP contribution is 2.23. The van der Waals surface area contributed by atoms with Crippen LogP contribution in [0.5, 0.6) is 5.75 Å². The molecule has 2 rings (SSSR count). The van der Waals surface area contributed by atoms with Crippen molar-refractivity contribution in [2.75, 3.05) is 0 Å². The Balaban J connectivity index is 2.89. The van der Waals surface area contributed by atoms with E-state index in [0.29, 0.717) is 11.2 Å². The van der Waals surface area contributed by atoms with Crippen molar-refractivity contribution >= 4 is 10.9 Å². The Hall–Kier alpha value is -2.08. The maximum Gasteiger partial charge on any atom is 0.144 e. The molecule has 1 N–H and O–H groups in total. The van der Waals surface area contributed by atoms with E-state index in [4.69, 9.17) is 5.26 Å². The fourth-order valence-electron chi connectivity index (χ4n) is 1.40. The molecule has 0 aliphatic rings. The first-order chi connectivity index (χ1) is 6.72. The number of fused-ring (bicyclic) bond motifs is 1. The van der Waals surface area contributed by atoms with Crippen molar-refractivity contribution in [1.82, 2.24) is 4.98 Å². The van der Waals surface area contributed by atoms with Crippen LogP contribution in [0.2, 0.25) is 0 Å². The highest BCUT2D eigenvalue weighted by Gasteiger charge is 2.05. The van der Waals surface area contributed by atoms with Crippen LogP contribution in [0.15, 0.2) is 24.3 Å². The number of benzene rings is 1. The predicted molar refractivity (Wildman–Crippen MR) is 52.9 cm³/mol. The lowest BCUT2D eigenvalue weighted by molar-refractivity contribution is 0.480. The molecular weight excluding hydrogens is 176 g/mol.